The molecule has 0 bridgehead atoms. The van der Waals surface area contributed by atoms with Gasteiger partial charge in [0.15, 0.2) is 0 Å². The van der Waals surface area contributed by atoms with E-state index in [9.17, 15) is 19.8 Å². The van der Waals surface area contributed by atoms with E-state index in [2.05, 4.69) is 16.8 Å². The van der Waals surface area contributed by atoms with Crippen molar-refractivity contribution in [3.05, 3.63) is 125 Å². The second-order valence-corrected chi connectivity index (χ2v) is 10.2. The summed E-state index contributed by atoms with van der Waals surface area (Å²) in [6, 6.07) is 27.5. The van der Waals surface area contributed by atoms with Gasteiger partial charge in [-0.25, -0.2) is 9.78 Å². The molecule has 0 fully saturated rings. The van der Waals surface area contributed by atoms with E-state index in [0.29, 0.717) is 17.7 Å². The molecular weight excluding hydrogens is 514 g/mol. The highest BCUT2D eigenvalue weighted by Gasteiger charge is 2.19. The van der Waals surface area contributed by atoms with Crippen LogP contribution in [-0.2, 0) is 13.0 Å². The summed E-state index contributed by atoms with van der Waals surface area (Å²) in [6.45, 7) is 4.42. The third kappa shape index (κ3) is 5.90. The maximum absolute atomic E-state index is 13.3. The standard InChI is InChI=1S/C34H33N3O4/c1-3-9-31-36-32-22(2)18-26(33(39)35-29(21-38)25-10-5-4-6-11-25)19-30(32)37(31)20-23-14-16-24(17-15-23)27-12-7-8-13-28(27)34(40)41/h4-8,10-19,29,38H,3,9,20-21H2,1-2H3,(H,35,39)(H,40,41)/t29-/m1/s1. The molecule has 5 aromatic rings. The number of hydrogen-bond acceptors (Lipinski definition) is 4. The van der Waals surface area contributed by atoms with Crippen LogP contribution in [0.15, 0.2) is 91.0 Å². The van der Waals surface area contributed by atoms with Gasteiger partial charge in [0.05, 0.1) is 29.2 Å². The predicted molar refractivity (Wildman–Crippen MR) is 160 cm³/mol. The van der Waals surface area contributed by atoms with E-state index in [4.69, 9.17) is 4.98 Å². The van der Waals surface area contributed by atoms with E-state index >= 15 is 0 Å². The summed E-state index contributed by atoms with van der Waals surface area (Å²) in [5.74, 6) is -0.270. The Morgan fingerprint density at radius 3 is 2.34 bits per heavy atom. The van der Waals surface area contributed by atoms with Gasteiger partial charge in [0, 0.05) is 18.5 Å². The Kier molecular flexibility index (Phi) is 8.26. The summed E-state index contributed by atoms with van der Waals surface area (Å²) in [5, 5.41) is 22.5. The van der Waals surface area contributed by atoms with Crippen LogP contribution < -0.4 is 5.32 Å². The van der Waals surface area contributed by atoms with E-state index < -0.39 is 12.0 Å². The average Bonchev–Trinajstić information content (AvgIpc) is 3.34. The number of aryl methyl sites for hydroxylation is 2. The monoisotopic (exact) mass is 547 g/mol. The van der Waals surface area contributed by atoms with Gasteiger partial charge in [-0.3, -0.25) is 4.79 Å². The largest absolute Gasteiger partial charge is 0.478 e. The number of aliphatic hydroxyl groups excluding tert-OH is 1. The molecule has 41 heavy (non-hydrogen) atoms. The molecule has 0 saturated heterocycles. The van der Waals surface area contributed by atoms with Crippen LogP contribution >= 0.6 is 0 Å². The van der Waals surface area contributed by atoms with Gasteiger partial charge in [-0.05, 0) is 59.4 Å². The van der Waals surface area contributed by atoms with Crippen molar-refractivity contribution in [2.24, 2.45) is 0 Å². The van der Waals surface area contributed by atoms with Crippen molar-refractivity contribution < 1.29 is 19.8 Å². The number of rotatable bonds is 10. The molecule has 0 radical (unpaired) electrons. The Balaban J connectivity index is 1.47. The summed E-state index contributed by atoms with van der Waals surface area (Å²) in [6.07, 6.45) is 1.72. The molecular formula is C34H33N3O4. The van der Waals surface area contributed by atoms with E-state index in [-0.39, 0.29) is 18.1 Å². The highest BCUT2D eigenvalue weighted by atomic mass is 16.4. The quantitative estimate of drug-likeness (QED) is 0.194. The van der Waals surface area contributed by atoms with Crippen LogP contribution in [0.2, 0.25) is 0 Å². The van der Waals surface area contributed by atoms with Crippen molar-refractivity contribution in [2.75, 3.05) is 6.61 Å². The fraction of sp³-hybridized carbons (Fsp3) is 0.206. The van der Waals surface area contributed by atoms with Gasteiger partial charge in [0.25, 0.3) is 5.91 Å². The maximum atomic E-state index is 13.3. The number of nitrogens with zero attached hydrogens (tertiary/aromatic N) is 2. The highest BCUT2D eigenvalue weighted by Crippen LogP contribution is 2.27. The molecule has 0 unspecified atom stereocenters. The predicted octanol–water partition coefficient (Wildman–Crippen LogP) is 6.17. The molecule has 7 nitrogen and oxygen atoms in total. The van der Waals surface area contributed by atoms with Gasteiger partial charge in [0.1, 0.15) is 5.82 Å². The Hall–Kier alpha value is -4.75. The minimum atomic E-state index is -0.956. The summed E-state index contributed by atoms with van der Waals surface area (Å²) < 4.78 is 2.16. The number of hydrogen-bond donors (Lipinski definition) is 3. The number of amides is 1. The van der Waals surface area contributed by atoms with Crippen molar-refractivity contribution in [1.29, 1.82) is 0 Å². The fourth-order valence-electron chi connectivity index (χ4n) is 5.22. The number of aromatic nitrogens is 2. The van der Waals surface area contributed by atoms with Gasteiger partial charge < -0.3 is 20.1 Å². The SMILES string of the molecule is CCCc1nc2c(C)cc(C(=O)N[C@H](CO)c3ccccc3)cc2n1Cc1ccc(-c2ccccc2C(=O)O)cc1. The molecule has 4 aromatic carbocycles. The summed E-state index contributed by atoms with van der Waals surface area (Å²) in [7, 11) is 0. The Bertz CT molecular complexity index is 1690. The molecule has 0 aliphatic carbocycles. The Morgan fingerprint density at radius 2 is 1.66 bits per heavy atom. The normalized spacial score (nSPS) is 11.9. The van der Waals surface area contributed by atoms with Crippen LogP contribution in [0.5, 0.6) is 0 Å². The van der Waals surface area contributed by atoms with Crippen LogP contribution in [0.4, 0.5) is 0 Å². The van der Waals surface area contributed by atoms with Gasteiger partial charge >= 0.3 is 5.97 Å². The minimum absolute atomic E-state index is 0.206. The molecule has 1 heterocycles. The molecule has 3 N–H and O–H groups in total. The zero-order chi connectivity index (χ0) is 28.9. The fourth-order valence-corrected chi connectivity index (χ4v) is 5.22. The second kappa shape index (κ2) is 12.2. The first kappa shape index (κ1) is 27.8. The van der Waals surface area contributed by atoms with E-state index in [1.54, 1.807) is 12.1 Å². The molecule has 0 aliphatic rings. The number of carbonyl (C=O) groups is 2. The molecule has 5 rings (SSSR count). The zero-order valence-corrected chi connectivity index (χ0v) is 23.2. The van der Waals surface area contributed by atoms with Crippen LogP contribution in [0.25, 0.3) is 22.2 Å². The number of aliphatic hydroxyl groups is 1. The van der Waals surface area contributed by atoms with E-state index in [1.165, 1.54) is 0 Å². The molecule has 208 valence electrons. The van der Waals surface area contributed by atoms with Crippen molar-refractivity contribution in [1.82, 2.24) is 14.9 Å². The first-order valence-electron chi connectivity index (χ1n) is 13.8. The number of imidazole rings is 1. The number of carboxylic acids is 1. The highest BCUT2D eigenvalue weighted by molar-refractivity contribution is 5.99. The second-order valence-electron chi connectivity index (χ2n) is 10.2. The molecule has 0 spiro atoms. The number of benzene rings is 4. The lowest BCUT2D eigenvalue weighted by Gasteiger charge is -2.17. The van der Waals surface area contributed by atoms with Gasteiger partial charge in [-0.15, -0.1) is 0 Å². The Morgan fingerprint density at radius 1 is 0.951 bits per heavy atom. The van der Waals surface area contributed by atoms with Crippen LogP contribution in [-0.4, -0.2) is 38.2 Å². The molecule has 7 heteroatoms. The lowest BCUT2D eigenvalue weighted by Crippen LogP contribution is -2.30. The van der Waals surface area contributed by atoms with Gasteiger partial charge in [-0.2, -0.15) is 0 Å². The molecule has 1 amide bonds. The van der Waals surface area contributed by atoms with Gasteiger partial charge in [0.2, 0.25) is 0 Å². The Labute approximate surface area is 239 Å². The van der Waals surface area contributed by atoms with E-state index in [1.807, 2.05) is 85.8 Å². The first-order chi connectivity index (χ1) is 19.9. The van der Waals surface area contributed by atoms with Crippen LogP contribution in [0, 0.1) is 6.92 Å². The number of aromatic carboxylic acids is 1. The number of nitrogens with one attached hydrogen (secondary N) is 1. The number of carboxylic acid groups (broad SMARTS) is 1. The van der Waals surface area contributed by atoms with Crippen molar-refractivity contribution in [3.63, 3.8) is 0 Å². The molecule has 1 aromatic heterocycles. The topological polar surface area (TPSA) is 104 Å². The lowest BCUT2D eigenvalue weighted by molar-refractivity contribution is 0.0697. The van der Waals surface area contributed by atoms with E-state index in [0.717, 1.165) is 52.0 Å². The molecule has 0 saturated carbocycles. The van der Waals surface area contributed by atoms with Crippen molar-refractivity contribution in [2.45, 2.75) is 39.3 Å². The van der Waals surface area contributed by atoms with Crippen molar-refractivity contribution in [3.8, 4) is 11.1 Å². The first-order valence-corrected chi connectivity index (χ1v) is 13.8. The number of carbonyl (C=O) groups excluding carboxylic acids is 1. The van der Waals surface area contributed by atoms with Crippen LogP contribution in [0.1, 0.15) is 62.6 Å². The third-order valence-electron chi connectivity index (χ3n) is 7.31. The maximum Gasteiger partial charge on any atom is 0.336 e. The van der Waals surface area contributed by atoms with Crippen molar-refractivity contribution >= 4 is 22.9 Å². The summed E-state index contributed by atoms with van der Waals surface area (Å²) in [4.78, 5) is 30.0. The van der Waals surface area contributed by atoms with Crippen LogP contribution in [0.3, 0.4) is 0 Å². The smallest absolute Gasteiger partial charge is 0.336 e. The average molecular weight is 548 g/mol. The zero-order valence-electron chi connectivity index (χ0n) is 23.2. The lowest BCUT2D eigenvalue weighted by atomic mass is 9.98. The minimum Gasteiger partial charge on any atom is -0.478 e. The number of fused-ring (bicyclic) bond motifs is 1. The third-order valence-corrected chi connectivity index (χ3v) is 7.31. The summed E-state index contributed by atoms with van der Waals surface area (Å²) >= 11 is 0. The molecule has 0 aliphatic heterocycles. The molecule has 1 atom stereocenters. The van der Waals surface area contributed by atoms with Gasteiger partial charge in [-0.1, -0.05) is 79.7 Å². The summed E-state index contributed by atoms with van der Waals surface area (Å²) in [5.41, 5.74) is 6.80.